The van der Waals surface area contributed by atoms with Crippen molar-refractivity contribution in [3.05, 3.63) is 11.7 Å². The number of aliphatic hydroxyl groups is 1. The minimum atomic E-state index is -0.647. The predicted molar refractivity (Wildman–Crippen MR) is 69.2 cm³/mol. The van der Waals surface area contributed by atoms with E-state index in [0.717, 1.165) is 0 Å². The first-order chi connectivity index (χ1) is 9.70. The van der Waals surface area contributed by atoms with Gasteiger partial charge >= 0.3 is 0 Å². The average molecular weight is 286 g/mol. The third kappa shape index (κ3) is 3.54. The molecule has 1 aromatic heterocycles. The fourth-order valence-electron chi connectivity index (χ4n) is 2.39. The van der Waals surface area contributed by atoms with Crippen LogP contribution >= 0.6 is 0 Å². The summed E-state index contributed by atoms with van der Waals surface area (Å²) in [4.78, 5) is 4.37. The second kappa shape index (κ2) is 7.12. The van der Waals surface area contributed by atoms with E-state index in [1.807, 2.05) is 6.92 Å². The molecule has 0 spiro atoms. The second-order valence-electron chi connectivity index (χ2n) is 4.86. The molecule has 0 bridgehead atoms. The number of hydrogen-bond donors (Lipinski definition) is 1. The monoisotopic (exact) mass is 286 g/mol. The maximum absolute atomic E-state index is 9.69. The first kappa shape index (κ1) is 15.4. The maximum Gasteiger partial charge on any atom is 0.229 e. The van der Waals surface area contributed by atoms with Gasteiger partial charge in [0.1, 0.15) is 5.60 Å². The van der Waals surface area contributed by atoms with Crippen LogP contribution in [0.25, 0.3) is 0 Å². The van der Waals surface area contributed by atoms with Gasteiger partial charge < -0.3 is 23.8 Å². The van der Waals surface area contributed by atoms with Gasteiger partial charge in [-0.3, -0.25) is 0 Å². The highest BCUT2D eigenvalue weighted by atomic mass is 16.5. The van der Waals surface area contributed by atoms with Crippen molar-refractivity contribution in [1.29, 1.82) is 0 Å². The van der Waals surface area contributed by atoms with Crippen LogP contribution in [0.3, 0.4) is 0 Å². The lowest BCUT2D eigenvalue weighted by atomic mass is 9.93. The van der Waals surface area contributed by atoms with Crippen LogP contribution in [0.4, 0.5) is 0 Å². The van der Waals surface area contributed by atoms with Gasteiger partial charge in [-0.05, 0) is 6.92 Å². The van der Waals surface area contributed by atoms with Crippen LogP contribution in [-0.4, -0.2) is 54.9 Å². The third-order valence-electron chi connectivity index (χ3n) is 3.37. The Balaban J connectivity index is 2.08. The van der Waals surface area contributed by atoms with E-state index in [-0.39, 0.29) is 13.0 Å². The van der Waals surface area contributed by atoms with Crippen molar-refractivity contribution in [2.75, 3.05) is 33.5 Å². The summed E-state index contributed by atoms with van der Waals surface area (Å²) in [5, 5.41) is 13.7. The highest BCUT2D eigenvalue weighted by molar-refractivity contribution is 5.03. The highest BCUT2D eigenvalue weighted by Crippen LogP contribution is 2.34. The molecular weight excluding hydrogens is 264 g/mol. The number of nitrogens with zero attached hydrogens (tertiary/aromatic N) is 2. The number of aliphatic hydroxyl groups excluding tert-OH is 1. The van der Waals surface area contributed by atoms with Crippen LogP contribution in [-0.2, 0) is 26.2 Å². The van der Waals surface area contributed by atoms with Crippen molar-refractivity contribution in [1.82, 2.24) is 10.1 Å². The van der Waals surface area contributed by atoms with Gasteiger partial charge in [0.05, 0.1) is 19.1 Å². The molecule has 0 amide bonds. The zero-order chi connectivity index (χ0) is 14.4. The zero-order valence-corrected chi connectivity index (χ0v) is 12.0. The molecule has 114 valence electrons. The lowest BCUT2D eigenvalue weighted by Gasteiger charge is -2.33. The molecular formula is C13H22N2O5. The molecule has 0 aromatic carbocycles. The van der Waals surface area contributed by atoms with Gasteiger partial charge in [-0.15, -0.1) is 0 Å². The van der Waals surface area contributed by atoms with Crippen LogP contribution in [0.5, 0.6) is 0 Å². The predicted octanol–water partition coefficient (Wildman–Crippen LogP) is 0.662. The van der Waals surface area contributed by atoms with Gasteiger partial charge in [-0.1, -0.05) is 5.16 Å². The van der Waals surface area contributed by atoms with Crippen molar-refractivity contribution < 1.29 is 23.8 Å². The van der Waals surface area contributed by atoms with E-state index < -0.39 is 11.7 Å². The van der Waals surface area contributed by atoms with Gasteiger partial charge in [-0.2, -0.15) is 4.98 Å². The molecule has 0 aliphatic carbocycles. The molecule has 0 radical (unpaired) electrons. The Morgan fingerprint density at radius 3 is 2.80 bits per heavy atom. The lowest BCUT2D eigenvalue weighted by molar-refractivity contribution is -0.118. The molecule has 20 heavy (non-hydrogen) atoms. The smallest absolute Gasteiger partial charge is 0.229 e. The Morgan fingerprint density at radius 1 is 1.40 bits per heavy atom. The first-order valence-electron chi connectivity index (χ1n) is 6.92. The molecule has 2 heterocycles. The molecule has 0 saturated carbocycles. The quantitative estimate of drug-likeness (QED) is 0.788. The molecule has 1 fully saturated rings. The van der Waals surface area contributed by atoms with Crippen LogP contribution < -0.4 is 0 Å². The number of hydrogen-bond acceptors (Lipinski definition) is 7. The van der Waals surface area contributed by atoms with Crippen LogP contribution in [0.2, 0.25) is 0 Å². The van der Waals surface area contributed by atoms with Crippen molar-refractivity contribution in [2.24, 2.45) is 0 Å². The Hall–Kier alpha value is -1.02. The normalized spacial score (nSPS) is 19.9. The summed E-state index contributed by atoms with van der Waals surface area (Å²) in [6, 6.07) is 0. The fraction of sp³-hybridized carbons (Fsp3) is 0.846. The maximum atomic E-state index is 9.69. The number of methoxy groups -OCH3 is 1. The summed E-state index contributed by atoms with van der Waals surface area (Å²) in [7, 11) is 1.54. The Labute approximate surface area is 118 Å². The van der Waals surface area contributed by atoms with E-state index in [2.05, 4.69) is 10.1 Å². The van der Waals surface area contributed by atoms with E-state index in [9.17, 15) is 5.11 Å². The second-order valence-corrected chi connectivity index (χ2v) is 4.86. The Bertz CT molecular complexity index is 398. The highest BCUT2D eigenvalue weighted by Gasteiger charge is 2.39. The van der Waals surface area contributed by atoms with Crippen molar-refractivity contribution in [2.45, 2.75) is 37.9 Å². The fourth-order valence-corrected chi connectivity index (χ4v) is 2.39. The molecule has 1 aliphatic rings. The standard InChI is InChI=1S/C13H22N2O5/c1-3-19-13(4-6-18-7-5-13)12-14-11(20-15-12)8-10(16)9-17-2/h10,16H,3-9H2,1-2H3. The van der Waals surface area contributed by atoms with Crippen molar-refractivity contribution in [3.8, 4) is 0 Å². The van der Waals surface area contributed by atoms with E-state index >= 15 is 0 Å². The van der Waals surface area contributed by atoms with Gasteiger partial charge in [0.2, 0.25) is 11.7 Å². The Kier molecular flexibility index (Phi) is 5.47. The van der Waals surface area contributed by atoms with Gasteiger partial charge in [0.25, 0.3) is 0 Å². The van der Waals surface area contributed by atoms with Crippen LogP contribution in [0.15, 0.2) is 4.52 Å². The van der Waals surface area contributed by atoms with Gasteiger partial charge in [-0.25, -0.2) is 0 Å². The Morgan fingerprint density at radius 2 is 2.15 bits per heavy atom. The molecule has 1 atom stereocenters. The molecule has 1 saturated heterocycles. The summed E-state index contributed by atoms with van der Waals surface area (Å²) < 4.78 is 21.3. The first-order valence-corrected chi connectivity index (χ1v) is 6.92. The molecule has 1 aliphatic heterocycles. The number of aromatic nitrogens is 2. The summed E-state index contributed by atoms with van der Waals surface area (Å²) in [5.41, 5.74) is -0.527. The molecule has 2 rings (SSSR count). The minimum Gasteiger partial charge on any atom is -0.390 e. The van der Waals surface area contributed by atoms with E-state index in [4.69, 9.17) is 18.7 Å². The molecule has 1 N–H and O–H groups in total. The van der Waals surface area contributed by atoms with Crippen LogP contribution in [0.1, 0.15) is 31.5 Å². The molecule has 7 nitrogen and oxygen atoms in total. The number of ether oxygens (including phenoxy) is 3. The summed E-state index contributed by atoms with van der Waals surface area (Å²) in [6.07, 6.45) is 1.05. The van der Waals surface area contributed by atoms with E-state index in [0.29, 0.717) is 44.4 Å². The third-order valence-corrected chi connectivity index (χ3v) is 3.37. The number of rotatable bonds is 7. The molecule has 1 aromatic rings. The summed E-state index contributed by atoms with van der Waals surface area (Å²) in [6.45, 7) is 4.01. The summed E-state index contributed by atoms with van der Waals surface area (Å²) in [5.74, 6) is 0.942. The van der Waals surface area contributed by atoms with Gasteiger partial charge in [0.15, 0.2) is 0 Å². The van der Waals surface area contributed by atoms with Gasteiger partial charge in [0, 0.05) is 39.8 Å². The molecule has 7 heteroatoms. The average Bonchev–Trinajstić information content (AvgIpc) is 2.89. The topological polar surface area (TPSA) is 86.8 Å². The van der Waals surface area contributed by atoms with Crippen molar-refractivity contribution in [3.63, 3.8) is 0 Å². The SMILES string of the molecule is CCOC1(c2noc(CC(O)COC)n2)CCOCC1. The largest absolute Gasteiger partial charge is 0.390 e. The van der Waals surface area contributed by atoms with Crippen molar-refractivity contribution >= 4 is 0 Å². The van der Waals surface area contributed by atoms with E-state index in [1.54, 1.807) is 0 Å². The molecule has 1 unspecified atom stereocenters. The minimum absolute atomic E-state index is 0.238. The zero-order valence-electron chi connectivity index (χ0n) is 12.0. The van der Waals surface area contributed by atoms with Crippen LogP contribution in [0, 0.1) is 0 Å². The summed E-state index contributed by atoms with van der Waals surface area (Å²) >= 11 is 0. The van der Waals surface area contributed by atoms with E-state index in [1.165, 1.54) is 7.11 Å². The lowest BCUT2D eigenvalue weighted by Crippen LogP contribution is -2.37.